The Morgan fingerprint density at radius 1 is 1.03 bits per heavy atom. The summed E-state index contributed by atoms with van der Waals surface area (Å²) in [4.78, 5) is 26.4. The van der Waals surface area contributed by atoms with Crippen LogP contribution in [0, 0.1) is 0 Å². The molecule has 31 heavy (non-hydrogen) atoms. The van der Waals surface area contributed by atoms with Gasteiger partial charge in [0.15, 0.2) is 0 Å². The van der Waals surface area contributed by atoms with Gasteiger partial charge in [0, 0.05) is 43.9 Å². The van der Waals surface area contributed by atoms with Crippen LogP contribution in [0.4, 0.5) is 0 Å². The van der Waals surface area contributed by atoms with Gasteiger partial charge in [-0.2, -0.15) is 5.10 Å². The van der Waals surface area contributed by atoms with Gasteiger partial charge in [-0.05, 0) is 35.2 Å². The number of hydrogen-bond donors (Lipinski definition) is 1. The lowest BCUT2D eigenvalue weighted by Crippen LogP contribution is -2.31. The molecule has 0 aliphatic carbocycles. The molecule has 0 bridgehead atoms. The van der Waals surface area contributed by atoms with Crippen LogP contribution in [0.15, 0.2) is 67.0 Å². The van der Waals surface area contributed by atoms with E-state index in [4.69, 9.17) is 0 Å². The molecule has 3 aromatic rings. The van der Waals surface area contributed by atoms with Crippen molar-refractivity contribution in [3.8, 4) is 5.69 Å². The predicted molar refractivity (Wildman–Crippen MR) is 122 cm³/mol. The summed E-state index contributed by atoms with van der Waals surface area (Å²) in [5.74, 6) is -0.198. The lowest BCUT2D eigenvalue weighted by atomic mass is 9.87. The third kappa shape index (κ3) is 6.04. The first kappa shape index (κ1) is 22.3. The van der Waals surface area contributed by atoms with E-state index in [-0.39, 0.29) is 23.7 Å². The van der Waals surface area contributed by atoms with Crippen molar-refractivity contribution in [1.82, 2.24) is 20.0 Å². The van der Waals surface area contributed by atoms with Crippen molar-refractivity contribution < 1.29 is 9.59 Å². The van der Waals surface area contributed by atoms with E-state index >= 15 is 0 Å². The van der Waals surface area contributed by atoms with Gasteiger partial charge in [-0.1, -0.05) is 51.1 Å². The van der Waals surface area contributed by atoms with Crippen LogP contribution in [0.3, 0.4) is 0 Å². The van der Waals surface area contributed by atoms with Gasteiger partial charge in [-0.15, -0.1) is 0 Å². The molecule has 0 aliphatic rings. The number of para-hydroxylation sites is 1. The minimum absolute atomic E-state index is 0.0316. The second-order valence-electron chi connectivity index (χ2n) is 8.71. The summed E-state index contributed by atoms with van der Waals surface area (Å²) < 4.78 is 1.79. The zero-order valence-electron chi connectivity index (χ0n) is 18.6. The van der Waals surface area contributed by atoms with E-state index in [2.05, 4.69) is 31.2 Å². The molecule has 0 atom stereocenters. The lowest BCUT2D eigenvalue weighted by molar-refractivity contribution is -0.130. The van der Waals surface area contributed by atoms with E-state index in [9.17, 15) is 9.59 Å². The van der Waals surface area contributed by atoms with Crippen molar-refractivity contribution in [1.29, 1.82) is 0 Å². The van der Waals surface area contributed by atoms with Gasteiger partial charge in [0.25, 0.3) is 5.91 Å². The molecular formula is C25H30N4O2. The van der Waals surface area contributed by atoms with Gasteiger partial charge < -0.3 is 10.2 Å². The van der Waals surface area contributed by atoms with Crippen molar-refractivity contribution in [3.05, 3.63) is 83.7 Å². The maximum Gasteiger partial charge on any atom is 0.251 e. The molecule has 0 unspecified atom stereocenters. The molecule has 1 aromatic heterocycles. The SMILES string of the molecule is CN(Cc1cnn(-c2ccccc2)c1)C(=O)CCNC(=O)c1ccc(C(C)(C)C)cc1. The quantitative estimate of drug-likeness (QED) is 0.632. The Bertz CT molecular complexity index is 1020. The Labute approximate surface area is 183 Å². The van der Waals surface area contributed by atoms with Crippen LogP contribution in [0.25, 0.3) is 5.69 Å². The number of rotatable bonds is 7. The zero-order chi connectivity index (χ0) is 22.4. The Balaban J connectivity index is 1.46. The highest BCUT2D eigenvalue weighted by Gasteiger charge is 2.15. The van der Waals surface area contributed by atoms with Crippen molar-refractivity contribution in [2.24, 2.45) is 0 Å². The fourth-order valence-corrected chi connectivity index (χ4v) is 3.22. The molecule has 2 amide bonds. The summed E-state index contributed by atoms with van der Waals surface area (Å²) in [5, 5.41) is 7.19. The molecule has 0 saturated carbocycles. The second-order valence-corrected chi connectivity index (χ2v) is 8.71. The molecule has 6 heteroatoms. The lowest BCUT2D eigenvalue weighted by Gasteiger charge is -2.19. The van der Waals surface area contributed by atoms with Gasteiger partial charge in [0.2, 0.25) is 5.91 Å². The molecule has 162 valence electrons. The smallest absolute Gasteiger partial charge is 0.251 e. The third-order valence-electron chi connectivity index (χ3n) is 5.14. The van der Waals surface area contributed by atoms with Crippen LogP contribution >= 0.6 is 0 Å². The number of hydrogen-bond acceptors (Lipinski definition) is 3. The number of benzene rings is 2. The summed E-state index contributed by atoms with van der Waals surface area (Å²) in [6, 6.07) is 17.4. The number of nitrogens with one attached hydrogen (secondary N) is 1. The minimum Gasteiger partial charge on any atom is -0.352 e. The van der Waals surface area contributed by atoms with Crippen molar-refractivity contribution in [2.45, 2.75) is 39.2 Å². The number of carbonyl (C=O) groups excluding carboxylic acids is 2. The van der Waals surface area contributed by atoms with E-state index in [1.165, 1.54) is 5.56 Å². The van der Waals surface area contributed by atoms with Crippen LogP contribution in [0.5, 0.6) is 0 Å². The Morgan fingerprint density at radius 3 is 2.35 bits per heavy atom. The first-order valence-corrected chi connectivity index (χ1v) is 10.5. The topological polar surface area (TPSA) is 67.2 Å². The number of amides is 2. The zero-order valence-corrected chi connectivity index (χ0v) is 18.6. The van der Waals surface area contributed by atoms with E-state index in [1.54, 1.807) is 22.8 Å². The largest absolute Gasteiger partial charge is 0.352 e. The predicted octanol–water partition coefficient (Wildman–Crippen LogP) is 3.95. The fraction of sp³-hybridized carbons (Fsp3) is 0.320. The summed E-state index contributed by atoms with van der Waals surface area (Å²) in [6.45, 7) is 7.17. The second kappa shape index (κ2) is 9.60. The van der Waals surface area contributed by atoms with E-state index in [1.807, 2.05) is 60.8 Å². The van der Waals surface area contributed by atoms with Crippen LogP contribution in [0.1, 0.15) is 48.7 Å². The van der Waals surface area contributed by atoms with Gasteiger partial charge in [0.05, 0.1) is 11.9 Å². The maximum atomic E-state index is 12.4. The first-order valence-electron chi connectivity index (χ1n) is 10.5. The standard InChI is InChI=1S/C25H30N4O2/c1-25(2,3)21-12-10-20(11-13-21)24(31)26-15-14-23(30)28(4)17-19-16-27-29(18-19)22-8-6-5-7-9-22/h5-13,16,18H,14-15,17H2,1-4H3,(H,26,31). The van der Waals surface area contributed by atoms with Crippen molar-refractivity contribution >= 4 is 11.8 Å². The molecule has 1 N–H and O–H groups in total. The monoisotopic (exact) mass is 418 g/mol. The molecule has 0 spiro atoms. The molecule has 3 rings (SSSR count). The molecule has 0 radical (unpaired) electrons. The molecule has 0 aliphatic heterocycles. The average Bonchev–Trinajstić information content (AvgIpc) is 3.22. The molecule has 0 fully saturated rings. The van der Waals surface area contributed by atoms with Crippen LogP contribution in [-0.2, 0) is 16.8 Å². The summed E-state index contributed by atoms with van der Waals surface area (Å²) in [6.07, 6.45) is 3.93. The van der Waals surface area contributed by atoms with Crippen LogP contribution < -0.4 is 5.32 Å². The minimum atomic E-state index is -0.167. The van der Waals surface area contributed by atoms with E-state index < -0.39 is 0 Å². The Hall–Kier alpha value is -3.41. The van der Waals surface area contributed by atoms with Gasteiger partial charge in [-0.3, -0.25) is 9.59 Å². The van der Waals surface area contributed by atoms with Gasteiger partial charge in [0.1, 0.15) is 0 Å². The molecule has 0 saturated heterocycles. The van der Waals surface area contributed by atoms with E-state index in [0.717, 1.165) is 11.3 Å². The highest BCUT2D eigenvalue weighted by atomic mass is 16.2. The van der Waals surface area contributed by atoms with Crippen LogP contribution in [-0.4, -0.2) is 40.1 Å². The fourth-order valence-electron chi connectivity index (χ4n) is 3.22. The molecule has 1 heterocycles. The highest BCUT2D eigenvalue weighted by Crippen LogP contribution is 2.22. The van der Waals surface area contributed by atoms with E-state index in [0.29, 0.717) is 18.7 Å². The molecular weight excluding hydrogens is 388 g/mol. The average molecular weight is 419 g/mol. The van der Waals surface area contributed by atoms with Crippen molar-refractivity contribution in [3.63, 3.8) is 0 Å². The maximum absolute atomic E-state index is 12.4. The third-order valence-corrected chi connectivity index (χ3v) is 5.14. The first-order chi connectivity index (χ1) is 14.7. The summed E-state index contributed by atoms with van der Waals surface area (Å²) in [5.41, 5.74) is 3.74. The molecule has 6 nitrogen and oxygen atoms in total. The molecule has 2 aromatic carbocycles. The summed E-state index contributed by atoms with van der Waals surface area (Å²) >= 11 is 0. The Kier molecular flexibility index (Phi) is 6.90. The summed E-state index contributed by atoms with van der Waals surface area (Å²) in [7, 11) is 1.76. The Morgan fingerprint density at radius 2 is 1.71 bits per heavy atom. The van der Waals surface area contributed by atoms with Gasteiger partial charge >= 0.3 is 0 Å². The van der Waals surface area contributed by atoms with Crippen molar-refractivity contribution in [2.75, 3.05) is 13.6 Å². The highest BCUT2D eigenvalue weighted by molar-refractivity contribution is 5.94. The number of nitrogens with zero attached hydrogens (tertiary/aromatic N) is 3. The van der Waals surface area contributed by atoms with Gasteiger partial charge in [-0.25, -0.2) is 4.68 Å². The normalized spacial score (nSPS) is 11.2. The van der Waals surface area contributed by atoms with Crippen LogP contribution in [0.2, 0.25) is 0 Å². The number of aromatic nitrogens is 2. The number of carbonyl (C=O) groups is 2.